The van der Waals surface area contributed by atoms with Crippen molar-refractivity contribution in [2.75, 3.05) is 56.7 Å². The van der Waals surface area contributed by atoms with E-state index < -0.39 is 11.0 Å². The van der Waals surface area contributed by atoms with E-state index >= 15 is 0 Å². The molecule has 3 aromatic rings. The van der Waals surface area contributed by atoms with Crippen LogP contribution in [-0.2, 0) is 16.8 Å². The van der Waals surface area contributed by atoms with Gasteiger partial charge in [0, 0.05) is 56.9 Å². The lowest BCUT2D eigenvalue weighted by Crippen LogP contribution is -2.54. The predicted molar refractivity (Wildman–Crippen MR) is 192 cm³/mol. The summed E-state index contributed by atoms with van der Waals surface area (Å²) in [5, 5.41) is 10.1. The van der Waals surface area contributed by atoms with Gasteiger partial charge in [0.1, 0.15) is 30.6 Å². The zero-order valence-corrected chi connectivity index (χ0v) is 30.6. The molecule has 0 spiro atoms. The molecule has 1 aromatic heterocycles. The zero-order valence-electron chi connectivity index (χ0n) is 29.0. The maximum Gasteiger partial charge on any atom is 0.410 e. The molecule has 0 bridgehead atoms. The number of amides is 1. The molecular formula is C37H46Cl2N6O4. The van der Waals surface area contributed by atoms with Crippen LogP contribution in [0.4, 0.5) is 10.7 Å². The monoisotopic (exact) mass is 708 g/mol. The van der Waals surface area contributed by atoms with Crippen LogP contribution in [0.5, 0.6) is 11.5 Å². The Labute approximate surface area is 299 Å². The minimum atomic E-state index is -0.476. The Morgan fingerprint density at radius 1 is 0.959 bits per heavy atom. The first-order valence-electron chi connectivity index (χ1n) is 16.8. The van der Waals surface area contributed by atoms with E-state index in [1.165, 1.54) is 0 Å². The Bertz CT molecular complexity index is 1620. The second-order valence-corrected chi connectivity index (χ2v) is 14.8. The van der Waals surface area contributed by atoms with Gasteiger partial charge in [-0.15, -0.1) is 11.6 Å². The molecule has 0 saturated carbocycles. The summed E-state index contributed by atoms with van der Waals surface area (Å²) in [4.78, 5) is 28.4. The fourth-order valence-electron chi connectivity index (χ4n) is 6.26. The molecule has 12 heteroatoms. The fraction of sp³-hybridized carbons (Fsp3) is 0.514. The molecule has 2 fully saturated rings. The van der Waals surface area contributed by atoms with Crippen LogP contribution in [0.3, 0.4) is 0 Å². The van der Waals surface area contributed by atoms with Gasteiger partial charge in [0.05, 0.1) is 22.2 Å². The van der Waals surface area contributed by atoms with Gasteiger partial charge >= 0.3 is 6.09 Å². The van der Waals surface area contributed by atoms with Crippen LogP contribution in [-0.4, -0.2) is 89.3 Å². The number of piperazine rings is 1. The first-order chi connectivity index (χ1) is 23.4. The van der Waals surface area contributed by atoms with Crippen LogP contribution in [0.15, 0.2) is 48.7 Å². The first kappa shape index (κ1) is 36.5. The molecule has 2 aromatic carbocycles. The number of nitriles is 1. The lowest BCUT2D eigenvalue weighted by atomic mass is 9.77. The number of benzene rings is 2. The third kappa shape index (κ3) is 9.27. The van der Waals surface area contributed by atoms with Gasteiger partial charge in [-0.2, -0.15) is 5.26 Å². The Morgan fingerprint density at radius 3 is 2.29 bits per heavy atom. The summed E-state index contributed by atoms with van der Waals surface area (Å²) in [6, 6.07) is 16.2. The highest BCUT2D eigenvalue weighted by Gasteiger charge is 2.31. The number of hydrogen-bond acceptors (Lipinski definition) is 9. The third-order valence-electron chi connectivity index (χ3n) is 9.10. The van der Waals surface area contributed by atoms with Crippen molar-refractivity contribution >= 4 is 35.2 Å². The molecule has 2 aliphatic rings. The number of aromatic nitrogens is 2. The molecule has 1 amide bonds. The average molecular weight is 710 g/mol. The minimum Gasteiger partial charge on any atom is -0.489 e. The number of hydrogen-bond donors (Lipinski definition) is 0. The quantitative estimate of drug-likeness (QED) is 0.205. The van der Waals surface area contributed by atoms with Crippen LogP contribution >= 0.6 is 23.2 Å². The second kappa shape index (κ2) is 15.8. The highest BCUT2D eigenvalue weighted by atomic mass is 35.5. The summed E-state index contributed by atoms with van der Waals surface area (Å²) in [5.41, 5.74) is 2.23. The highest BCUT2D eigenvalue weighted by Crippen LogP contribution is 2.38. The van der Waals surface area contributed by atoms with Crippen LogP contribution in [0.25, 0.3) is 0 Å². The van der Waals surface area contributed by atoms with Gasteiger partial charge in [0.2, 0.25) is 5.95 Å². The maximum absolute atomic E-state index is 12.5. The number of piperidine rings is 1. The molecule has 49 heavy (non-hydrogen) atoms. The van der Waals surface area contributed by atoms with Crippen molar-refractivity contribution in [2.45, 2.75) is 71.1 Å². The molecule has 0 aliphatic carbocycles. The number of alkyl halides is 1. The molecule has 5 rings (SSSR count). The standard InChI is InChI=1S/C37H46Cl2N6O4/c1-36(2,3)49-35(46)45-15-11-30(12-16-45)43-17-19-44(20-18-43)34-41-14-10-29(42-34)25-48-31-8-6-27(7-9-31)37(4,5)28-22-26(24-40)33(32(39)23-28)47-21-13-38/h6-10,14,22-23,30H,11-13,15-21,25H2,1-5H3. The molecular weight excluding hydrogens is 663 g/mol. The van der Waals surface area contributed by atoms with Crippen molar-refractivity contribution in [3.8, 4) is 17.6 Å². The smallest absolute Gasteiger partial charge is 0.410 e. The molecule has 10 nitrogen and oxygen atoms in total. The summed E-state index contributed by atoms with van der Waals surface area (Å²) >= 11 is 12.3. The zero-order chi connectivity index (χ0) is 35.2. The number of rotatable bonds is 10. The first-order valence-corrected chi connectivity index (χ1v) is 17.7. The summed E-state index contributed by atoms with van der Waals surface area (Å²) in [7, 11) is 0. The normalized spacial score (nSPS) is 16.3. The minimum absolute atomic E-state index is 0.216. The van der Waals surface area contributed by atoms with E-state index in [2.05, 4.69) is 34.7 Å². The van der Waals surface area contributed by atoms with Gasteiger partial charge in [-0.25, -0.2) is 14.8 Å². The van der Waals surface area contributed by atoms with Gasteiger partial charge in [-0.05, 0) is 75.1 Å². The number of carbonyl (C=O) groups is 1. The molecule has 0 N–H and O–H groups in total. The lowest BCUT2D eigenvalue weighted by molar-refractivity contribution is 0.0139. The number of nitrogens with zero attached hydrogens (tertiary/aromatic N) is 6. The number of halogens is 2. The molecule has 0 atom stereocenters. The van der Waals surface area contributed by atoms with E-state index in [4.69, 9.17) is 42.4 Å². The number of anilines is 1. The van der Waals surface area contributed by atoms with Crippen molar-refractivity contribution in [1.29, 1.82) is 5.26 Å². The van der Waals surface area contributed by atoms with Gasteiger partial charge < -0.3 is 24.0 Å². The van der Waals surface area contributed by atoms with Crippen LogP contribution in [0.2, 0.25) is 5.02 Å². The predicted octanol–water partition coefficient (Wildman–Crippen LogP) is 7.05. The summed E-state index contributed by atoms with van der Waals surface area (Å²) < 4.78 is 17.3. The van der Waals surface area contributed by atoms with Gasteiger partial charge in [0.25, 0.3) is 0 Å². The van der Waals surface area contributed by atoms with E-state index in [-0.39, 0.29) is 12.7 Å². The molecule has 2 aliphatic heterocycles. The van der Waals surface area contributed by atoms with Crippen molar-refractivity contribution in [3.63, 3.8) is 0 Å². The molecule has 0 unspecified atom stereocenters. The largest absolute Gasteiger partial charge is 0.489 e. The van der Waals surface area contributed by atoms with Crippen molar-refractivity contribution < 1.29 is 19.0 Å². The number of ether oxygens (including phenoxy) is 3. The summed E-state index contributed by atoms with van der Waals surface area (Å²) in [6.45, 7) is 15.5. The van der Waals surface area contributed by atoms with Crippen molar-refractivity contribution in [2.24, 2.45) is 0 Å². The van der Waals surface area contributed by atoms with E-state index in [0.717, 1.165) is 74.7 Å². The Hall–Kier alpha value is -3.78. The van der Waals surface area contributed by atoms with Crippen molar-refractivity contribution in [1.82, 2.24) is 19.8 Å². The highest BCUT2D eigenvalue weighted by molar-refractivity contribution is 6.32. The third-order valence-corrected chi connectivity index (χ3v) is 9.54. The SMILES string of the molecule is CC(C)(C)OC(=O)N1CCC(N2CCN(c3nccc(COc4ccc(C(C)(C)c5cc(Cl)c(OCCCl)c(C#N)c5)cc4)n3)CC2)CC1. The lowest BCUT2D eigenvalue weighted by Gasteiger charge is -2.42. The van der Waals surface area contributed by atoms with Crippen LogP contribution in [0, 0.1) is 11.3 Å². The topological polar surface area (TPSA) is 104 Å². The second-order valence-electron chi connectivity index (χ2n) is 14.0. The van der Waals surface area contributed by atoms with Crippen LogP contribution < -0.4 is 14.4 Å². The summed E-state index contributed by atoms with van der Waals surface area (Å²) in [5.74, 6) is 2.11. The molecule has 2 saturated heterocycles. The van der Waals surface area contributed by atoms with Gasteiger partial charge in [-0.3, -0.25) is 4.90 Å². The van der Waals surface area contributed by atoms with Crippen molar-refractivity contribution in [3.05, 3.63) is 76.1 Å². The van der Waals surface area contributed by atoms with E-state index in [0.29, 0.717) is 40.8 Å². The molecule has 262 valence electrons. The van der Waals surface area contributed by atoms with Crippen LogP contribution in [0.1, 0.15) is 69.8 Å². The Morgan fingerprint density at radius 2 is 1.65 bits per heavy atom. The molecule has 0 radical (unpaired) electrons. The maximum atomic E-state index is 12.5. The number of carbonyl (C=O) groups excluding carboxylic acids is 1. The molecule has 3 heterocycles. The van der Waals surface area contributed by atoms with Gasteiger partial charge in [-0.1, -0.05) is 37.6 Å². The summed E-state index contributed by atoms with van der Waals surface area (Å²) in [6.07, 6.45) is 3.48. The average Bonchev–Trinajstić information content (AvgIpc) is 3.09. The Kier molecular flexibility index (Phi) is 11.8. The van der Waals surface area contributed by atoms with E-state index in [1.807, 2.05) is 68.1 Å². The number of likely N-dealkylation sites (tertiary alicyclic amines) is 1. The van der Waals surface area contributed by atoms with E-state index in [1.54, 1.807) is 6.20 Å². The van der Waals surface area contributed by atoms with E-state index in [9.17, 15) is 10.1 Å². The fourth-order valence-corrected chi connectivity index (χ4v) is 6.61. The van der Waals surface area contributed by atoms with Gasteiger partial charge in [0.15, 0.2) is 5.75 Å². The Balaban J connectivity index is 1.13.